The van der Waals surface area contributed by atoms with E-state index in [1.807, 2.05) is 0 Å². The zero-order valence-corrected chi connectivity index (χ0v) is 48.1. The minimum atomic E-state index is -0.647. The molecule has 0 N–H and O–H groups in total. The summed E-state index contributed by atoms with van der Waals surface area (Å²) in [6.07, 6.45) is 0. The second-order valence-corrected chi connectivity index (χ2v) is 28.2. The predicted molar refractivity (Wildman–Crippen MR) is 339 cm³/mol. The van der Waals surface area contributed by atoms with Crippen molar-refractivity contribution in [3.05, 3.63) is 220 Å². The Morgan fingerprint density at radius 1 is 0.342 bits per heavy atom. The minimum absolute atomic E-state index is 0.0324. The van der Waals surface area contributed by atoms with Crippen LogP contribution in [-0.2, 0) is 27.1 Å². The van der Waals surface area contributed by atoms with E-state index in [-0.39, 0.29) is 28.4 Å². The lowest BCUT2D eigenvalue weighted by molar-refractivity contribution is 0.588. The molecular formula is C76H67BN2. The SMILES string of the molecule is Cc1ccc(-c2ccc(-c3cc4c5c6c3-n3c7ccc(C(C)(C)C)cc7c7cc(C(C)(C)C)cc(c73)B6c3cc(C(C)(C)C)cc6c7cc(C(C)(C)C)cc(c7n-5c36)C43c4ccccc4-c4ccccc43)c3ccccc23)cc1. The number of aryl methyl sites for hydroxylation is 1. The van der Waals surface area contributed by atoms with E-state index >= 15 is 0 Å². The predicted octanol–water partition coefficient (Wildman–Crippen LogP) is 17.7. The fourth-order valence-corrected chi connectivity index (χ4v) is 15.3. The molecule has 12 aromatic rings. The Balaban J connectivity index is 1.20. The fraction of sp³-hybridized carbons (Fsp3) is 0.237. The molecule has 0 atom stereocenters. The van der Waals surface area contributed by atoms with Crippen molar-refractivity contribution in [2.24, 2.45) is 0 Å². The first-order chi connectivity index (χ1) is 37.6. The number of nitrogens with zero attached hydrogens (tertiary/aromatic N) is 2. The topological polar surface area (TPSA) is 9.86 Å². The second kappa shape index (κ2) is 15.1. The van der Waals surface area contributed by atoms with E-state index in [9.17, 15) is 0 Å². The molecule has 5 heterocycles. The maximum Gasteiger partial charge on any atom is 0.252 e. The molecule has 0 amide bonds. The average molecular weight is 1020 g/mol. The molecule has 3 heteroatoms. The first-order valence-corrected chi connectivity index (χ1v) is 29.0. The number of rotatable bonds is 2. The summed E-state index contributed by atoms with van der Waals surface area (Å²) < 4.78 is 5.58. The molecule has 0 unspecified atom stereocenters. The van der Waals surface area contributed by atoms with Crippen molar-refractivity contribution in [3.63, 3.8) is 0 Å². The van der Waals surface area contributed by atoms with Crippen molar-refractivity contribution in [2.75, 3.05) is 0 Å². The summed E-state index contributed by atoms with van der Waals surface area (Å²) >= 11 is 0. The Labute approximate surface area is 465 Å². The van der Waals surface area contributed by atoms with Crippen LogP contribution in [0.25, 0.3) is 99.1 Å². The van der Waals surface area contributed by atoms with E-state index in [4.69, 9.17) is 0 Å². The van der Waals surface area contributed by atoms with Gasteiger partial charge < -0.3 is 9.13 Å². The molecule has 0 bridgehead atoms. The molecule has 3 aliphatic heterocycles. The molecule has 0 fully saturated rings. The molecule has 10 aromatic carbocycles. The van der Waals surface area contributed by atoms with Gasteiger partial charge in [-0.05, 0) is 164 Å². The van der Waals surface area contributed by atoms with E-state index in [0.717, 1.165) is 0 Å². The number of fused-ring (bicyclic) bond motifs is 15. The first-order valence-electron chi connectivity index (χ1n) is 29.0. The molecule has 0 saturated heterocycles. The van der Waals surface area contributed by atoms with Crippen molar-refractivity contribution in [1.29, 1.82) is 0 Å². The summed E-state index contributed by atoms with van der Waals surface area (Å²) in [6, 6.07) is 68.0. The molecule has 0 saturated carbocycles. The zero-order chi connectivity index (χ0) is 54.4. The fourth-order valence-electron chi connectivity index (χ4n) is 15.3. The van der Waals surface area contributed by atoms with E-state index in [1.165, 1.54) is 166 Å². The number of aromatic nitrogens is 2. The summed E-state index contributed by atoms with van der Waals surface area (Å²) in [5, 5.41) is 7.93. The number of hydrogen-bond donors (Lipinski definition) is 0. The molecule has 1 spiro atoms. The van der Waals surface area contributed by atoms with Crippen molar-refractivity contribution in [1.82, 2.24) is 9.13 Å². The Bertz CT molecular complexity index is 4710. The summed E-state index contributed by atoms with van der Waals surface area (Å²) in [4.78, 5) is 0. The van der Waals surface area contributed by atoms with Crippen LogP contribution in [0, 0.1) is 6.92 Å². The van der Waals surface area contributed by atoms with Gasteiger partial charge in [-0.25, -0.2) is 0 Å². The lowest BCUT2D eigenvalue weighted by atomic mass is 9.33. The van der Waals surface area contributed by atoms with Gasteiger partial charge in [0.05, 0.1) is 22.1 Å². The van der Waals surface area contributed by atoms with Crippen LogP contribution < -0.4 is 16.4 Å². The van der Waals surface area contributed by atoms with Crippen LogP contribution in [0.5, 0.6) is 0 Å². The van der Waals surface area contributed by atoms with Gasteiger partial charge in [0.15, 0.2) is 0 Å². The smallest absolute Gasteiger partial charge is 0.252 e. The van der Waals surface area contributed by atoms with Crippen LogP contribution in [0.3, 0.4) is 0 Å². The third-order valence-corrected chi connectivity index (χ3v) is 19.3. The van der Waals surface area contributed by atoms with Gasteiger partial charge in [-0.3, -0.25) is 0 Å². The standard InChI is InChI=1S/C76H67BN2/c1-42-26-28-43(29-27-42)48-31-32-51(50-21-15-14-20-49(48)50)58-41-62-71-66-70(58)78-65-33-30-44(72(2,3)4)34-54(65)55-36-46(74(8,9)10)39-63(68(55)78)77(66)64-40-47(75(11,12)13)37-57-56-35-45(73(5,6)7)38-61(67(56)79(71)69(57)64)76(62)59-24-18-16-22-52(59)53-23-17-19-25-60(53)76/h14-41H,1-13H3. The zero-order valence-electron chi connectivity index (χ0n) is 48.1. The van der Waals surface area contributed by atoms with Gasteiger partial charge in [0.2, 0.25) is 0 Å². The molecular weight excluding hydrogens is 952 g/mol. The van der Waals surface area contributed by atoms with E-state index in [2.05, 4.69) is 269 Å². The van der Waals surface area contributed by atoms with Gasteiger partial charge in [-0.1, -0.05) is 222 Å². The molecule has 2 nitrogen and oxygen atoms in total. The molecule has 384 valence electrons. The van der Waals surface area contributed by atoms with Crippen molar-refractivity contribution < 1.29 is 0 Å². The molecule has 1 aliphatic carbocycles. The maximum atomic E-state index is 2.81. The normalized spacial score (nSPS) is 14.7. The van der Waals surface area contributed by atoms with Gasteiger partial charge in [0.1, 0.15) is 0 Å². The number of hydrogen-bond acceptors (Lipinski definition) is 0. The van der Waals surface area contributed by atoms with E-state index in [0.29, 0.717) is 0 Å². The third-order valence-electron chi connectivity index (χ3n) is 19.3. The highest BCUT2D eigenvalue weighted by Crippen LogP contribution is 2.63. The maximum absolute atomic E-state index is 2.81. The van der Waals surface area contributed by atoms with Gasteiger partial charge in [0.25, 0.3) is 6.71 Å². The van der Waals surface area contributed by atoms with Crippen molar-refractivity contribution >= 4 is 77.5 Å². The molecule has 16 rings (SSSR count). The quantitative estimate of drug-likeness (QED) is 0.153. The van der Waals surface area contributed by atoms with Crippen molar-refractivity contribution in [3.8, 4) is 44.8 Å². The molecule has 0 radical (unpaired) electrons. The summed E-state index contributed by atoms with van der Waals surface area (Å²) in [5.41, 5.74) is 31.1. The Morgan fingerprint density at radius 3 is 1.43 bits per heavy atom. The highest BCUT2D eigenvalue weighted by Gasteiger charge is 2.55. The minimum Gasteiger partial charge on any atom is -0.310 e. The highest BCUT2D eigenvalue weighted by atomic mass is 15.1. The van der Waals surface area contributed by atoms with E-state index in [1.54, 1.807) is 0 Å². The van der Waals surface area contributed by atoms with Crippen LogP contribution in [0.2, 0.25) is 0 Å². The van der Waals surface area contributed by atoms with Crippen LogP contribution in [0.4, 0.5) is 0 Å². The largest absolute Gasteiger partial charge is 0.310 e. The Kier molecular flexibility index (Phi) is 8.99. The lowest BCUT2D eigenvalue weighted by Crippen LogP contribution is -2.61. The summed E-state index contributed by atoms with van der Waals surface area (Å²) in [6.45, 7) is 30.9. The van der Waals surface area contributed by atoms with Gasteiger partial charge in [-0.15, -0.1) is 0 Å². The van der Waals surface area contributed by atoms with Gasteiger partial charge in [0, 0.05) is 43.8 Å². The van der Waals surface area contributed by atoms with Crippen LogP contribution >= 0.6 is 0 Å². The number of benzene rings is 10. The van der Waals surface area contributed by atoms with Crippen LogP contribution in [-0.4, -0.2) is 15.8 Å². The Hall–Kier alpha value is -7.88. The van der Waals surface area contributed by atoms with Crippen molar-refractivity contribution in [2.45, 2.75) is 117 Å². The first kappa shape index (κ1) is 47.2. The molecule has 2 aromatic heterocycles. The highest BCUT2D eigenvalue weighted by molar-refractivity contribution is 7.00. The lowest BCUT2D eigenvalue weighted by Gasteiger charge is -2.45. The van der Waals surface area contributed by atoms with Gasteiger partial charge in [-0.2, -0.15) is 0 Å². The van der Waals surface area contributed by atoms with Crippen LogP contribution in [0.15, 0.2) is 170 Å². The monoisotopic (exact) mass is 1020 g/mol. The Morgan fingerprint density at radius 2 is 0.835 bits per heavy atom. The van der Waals surface area contributed by atoms with E-state index < -0.39 is 5.41 Å². The van der Waals surface area contributed by atoms with Gasteiger partial charge >= 0.3 is 0 Å². The average Bonchev–Trinajstić information content (AvgIpc) is 1.95. The molecule has 79 heavy (non-hydrogen) atoms. The summed E-state index contributed by atoms with van der Waals surface area (Å²) in [7, 11) is 0. The summed E-state index contributed by atoms with van der Waals surface area (Å²) in [5.74, 6) is 0. The van der Waals surface area contributed by atoms with Crippen LogP contribution in [0.1, 0.15) is 133 Å². The molecule has 4 aliphatic rings. The second-order valence-electron chi connectivity index (χ2n) is 28.2. The third kappa shape index (κ3) is 5.99.